The molecule has 0 amide bonds. The van der Waals surface area contributed by atoms with Gasteiger partial charge in [0.2, 0.25) is 0 Å². The van der Waals surface area contributed by atoms with Crippen molar-refractivity contribution in [3.8, 4) is 11.5 Å². The summed E-state index contributed by atoms with van der Waals surface area (Å²) in [7, 11) is 0. The van der Waals surface area contributed by atoms with Gasteiger partial charge in [0.1, 0.15) is 11.5 Å². The standard InChI is InChI=1S/C22H18O2/c23-18-9-5-15(6-10-18)13-22-20-4-2-1-3-16(20)7-8-17-14-19(24)11-12-21(17)22/h1-6,9-14,23-24H,7-8H2/b22-13+. The predicted octanol–water partition coefficient (Wildman–Crippen LogP) is 4.79. The molecule has 0 radical (unpaired) electrons. The van der Waals surface area contributed by atoms with Crippen molar-refractivity contribution >= 4 is 11.6 Å². The van der Waals surface area contributed by atoms with Crippen molar-refractivity contribution < 1.29 is 10.2 Å². The predicted molar refractivity (Wildman–Crippen MR) is 97.0 cm³/mol. The van der Waals surface area contributed by atoms with E-state index in [0.717, 1.165) is 35.1 Å². The van der Waals surface area contributed by atoms with Crippen LogP contribution in [0.3, 0.4) is 0 Å². The topological polar surface area (TPSA) is 40.5 Å². The number of aryl methyl sites for hydroxylation is 2. The fourth-order valence-corrected chi connectivity index (χ4v) is 3.36. The van der Waals surface area contributed by atoms with Crippen LogP contribution in [0.2, 0.25) is 0 Å². The van der Waals surface area contributed by atoms with Crippen LogP contribution in [-0.2, 0) is 12.8 Å². The molecule has 1 aliphatic carbocycles. The highest BCUT2D eigenvalue weighted by atomic mass is 16.3. The van der Waals surface area contributed by atoms with Crippen LogP contribution in [0.25, 0.3) is 11.6 Å². The molecule has 2 nitrogen and oxygen atoms in total. The lowest BCUT2D eigenvalue weighted by Crippen LogP contribution is -1.92. The zero-order valence-corrected chi connectivity index (χ0v) is 13.2. The highest BCUT2D eigenvalue weighted by Gasteiger charge is 2.18. The summed E-state index contributed by atoms with van der Waals surface area (Å²) in [4.78, 5) is 0. The number of benzene rings is 3. The van der Waals surface area contributed by atoms with Crippen LogP contribution >= 0.6 is 0 Å². The minimum absolute atomic E-state index is 0.267. The second kappa shape index (κ2) is 5.89. The summed E-state index contributed by atoms with van der Waals surface area (Å²) in [5.41, 5.74) is 7.07. The van der Waals surface area contributed by atoms with Gasteiger partial charge in [-0.15, -0.1) is 0 Å². The molecule has 0 spiro atoms. The lowest BCUT2D eigenvalue weighted by atomic mass is 9.92. The van der Waals surface area contributed by atoms with Gasteiger partial charge >= 0.3 is 0 Å². The number of phenols is 2. The lowest BCUT2D eigenvalue weighted by Gasteiger charge is -2.12. The Labute approximate surface area is 141 Å². The highest BCUT2D eigenvalue weighted by molar-refractivity contribution is 5.94. The van der Waals surface area contributed by atoms with E-state index < -0.39 is 0 Å². The summed E-state index contributed by atoms with van der Waals surface area (Å²) >= 11 is 0. The maximum Gasteiger partial charge on any atom is 0.115 e. The van der Waals surface area contributed by atoms with E-state index in [1.807, 2.05) is 24.3 Å². The summed E-state index contributed by atoms with van der Waals surface area (Å²) in [5, 5.41) is 19.4. The fourth-order valence-electron chi connectivity index (χ4n) is 3.36. The molecular weight excluding hydrogens is 296 g/mol. The summed E-state index contributed by atoms with van der Waals surface area (Å²) in [6.45, 7) is 0. The SMILES string of the molecule is Oc1ccc(/C=C2\c3ccccc3CCc3cc(O)ccc32)cc1. The average molecular weight is 314 g/mol. The molecule has 0 unspecified atom stereocenters. The molecule has 0 atom stereocenters. The van der Waals surface area contributed by atoms with E-state index >= 15 is 0 Å². The van der Waals surface area contributed by atoms with Crippen LogP contribution in [0.4, 0.5) is 0 Å². The molecule has 4 rings (SSSR count). The van der Waals surface area contributed by atoms with Gasteiger partial charge in [0, 0.05) is 0 Å². The first kappa shape index (κ1) is 14.6. The lowest BCUT2D eigenvalue weighted by molar-refractivity contribution is 0.474. The van der Waals surface area contributed by atoms with Crippen molar-refractivity contribution in [2.75, 3.05) is 0 Å². The van der Waals surface area contributed by atoms with Gasteiger partial charge < -0.3 is 10.2 Å². The molecule has 0 bridgehead atoms. The molecule has 0 aliphatic heterocycles. The van der Waals surface area contributed by atoms with E-state index in [-0.39, 0.29) is 5.75 Å². The molecule has 24 heavy (non-hydrogen) atoms. The van der Waals surface area contributed by atoms with E-state index in [2.05, 4.69) is 30.3 Å². The van der Waals surface area contributed by atoms with Crippen LogP contribution in [0.1, 0.15) is 27.8 Å². The fraction of sp³-hybridized carbons (Fsp3) is 0.0909. The minimum atomic E-state index is 0.267. The molecule has 1 aliphatic rings. The van der Waals surface area contributed by atoms with Gasteiger partial charge in [-0.3, -0.25) is 0 Å². The Hall–Kier alpha value is -3.00. The smallest absolute Gasteiger partial charge is 0.115 e. The van der Waals surface area contributed by atoms with Crippen molar-refractivity contribution in [1.82, 2.24) is 0 Å². The number of rotatable bonds is 1. The van der Waals surface area contributed by atoms with Crippen molar-refractivity contribution in [2.24, 2.45) is 0 Å². The summed E-state index contributed by atoms with van der Waals surface area (Å²) in [5.74, 6) is 0.576. The van der Waals surface area contributed by atoms with Crippen LogP contribution < -0.4 is 0 Å². The van der Waals surface area contributed by atoms with Gasteiger partial charge in [0.15, 0.2) is 0 Å². The van der Waals surface area contributed by atoms with E-state index in [4.69, 9.17) is 0 Å². The van der Waals surface area contributed by atoms with Crippen molar-refractivity contribution in [3.05, 3.63) is 94.5 Å². The maximum atomic E-state index is 9.86. The molecule has 3 aromatic carbocycles. The summed E-state index contributed by atoms with van der Waals surface area (Å²) in [6.07, 6.45) is 4.02. The quantitative estimate of drug-likeness (QED) is 0.678. The monoisotopic (exact) mass is 314 g/mol. The molecule has 0 heterocycles. The average Bonchev–Trinajstić information content (AvgIpc) is 2.74. The Morgan fingerprint density at radius 3 is 2.17 bits per heavy atom. The van der Waals surface area contributed by atoms with Gasteiger partial charge in [0.05, 0.1) is 0 Å². The number of fused-ring (bicyclic) bond motifs is 2. The van der Waals surface area contributed by atoms with Crippen LogP contribution in [0, 0.1) is 0 Å². The minimum Gasteiger partial charge on any atom is -0.508 e. The molecule has 2 N–H and O–H groups in total. The van der Waals surface area contributed by atoms with Gasteiger partial charge in [0.25, 0.3) is 0 Å². The Morgan fingerprint density at radius 2 is 1.33 bits per heavy atom. The molecule has 0 aromatic heterocycles. The van der Waals surface area contributed by atoms with E-state index in [0.29, 0.717) is 5.75 Å². The number of aromatic hydroxyl groups is 2. The van der Waals surface area contributed by atoms with Crippen molar-refractivity contribution in [1.29, 1.82) is 0 Å². The molecule has 118 valence electrons. The normalized spacial score (nSPS) is 14.8. The van der Waals surface area contributed by atoms with Gasteiger partial charge in [-0.05, 0) is 76.6 Å². The van der Waals surface area contributed by atoms with Crippen LogP contribution in [0.5, 0.6) is 11.5 Å². The largest absolute Gasteiger partial charge is 0.508 e. The second-order valence-electron chi connectivity index (χ2n) is 6.15. The molecule has 3 aromatic rings. The van der Waals surface area contributed by atoms with Crippen LogP contribution in [0.15, 0.2) is 66.7 Å². The number of hydrogen-bond donors (Lipinski definition) is 2. The number of phenolic OH excluding ortho intramolecular Hbond substituents is 2. The highest BCUT2D eigenvalue weighted by Crippen LogP contribution is 2.36. The number of hydrogen-bond acceptors (Lipinski definition) is 2. The first-order valence-corrected chi connectivity index (χ1v) is 8.12. The van der Waals surface area contributed by atoms with Gasteiger partial charge in [-0.25, -0.2) is 0 Å². The first-order chi connectivity index (χ1) is 11.7. The van der Waals surface area contributed by atoms with Gasteiger partial charge in [-0.1, -0.05) is 42.5 Å². The molecule has 0 saturated heterocycles. The molecule has 0 saturated carbocycles. The van der Waals surface area contributed by atoms with E-state index in [1.165, 1.54) is 11.1 Å². The van der Waals surface area contributed by atoms with E-state index in [1.54, 1.807) is 18.2 Å². The summed E-state index contributed by atoms with van der Waals surface area (Å²) < 4.78 is 0. The van der Waals surface area contributed by atoms with Crippen molar-refractivity contribution in [2.45, 2.75) is 12.8 Å². The zero-order valence-electron chi connectivity index (χ0n) is 13.2. The zero-order chi connectivity index (χ0) is 16.5. The third-order valence-electron chi connectivity index (χ3n) is 4.55. The van der Waals surface area contributed by atoms with E-state index in [9.17, 15) is 10.2 Å². The summed E-state index contributed by atoms with van der Waals surface area (Å²) in [6, 6.07) is 21.3. The molecule has 0 fully saturated rings. The Morgan fingerprint density at radius 1 is 0.667 bits per heavy atom. The Kier molecular flexibility index (Phi) is 3.58. The van der Waals surface area contributed by atoms with Crippen LogP contribution in [-0.4, -0.2) is 10.2 Å². The Balaban J connectivity index is 1.95. The first-order valence-electron chi connectivity index (χ1n) is 8.12. The third kappa shape index (κ3) is 2.67. The third-order valence-corrected chi connectivity index (χ3v) is 4.55. The Bertz CT molecular complexity index is 921. The molecule has 2 heteroatoms. The maximum absolute atomic E-state index is 9.86. The van der Waals surface area contributed by atoms with Gasteiger partial charge in [-0.2, -0.15) is 0 Å². The van der Waals surface area contributed by atoms with Crippen molar-refractivity contribution in [3.63, 3.8) is 0 Å². The molecular formula is C22H18O2. The second-order valence-corrected chi connectivity index (χ2v) is 6.15.